The third-order valence-corrected chi connectivity index (χ3v) is 3.50. The molecule has 3 aromatic rings. The van der Waals surface area contributed by atoms with Crippen LogP contribution in [0.1, 0.15) is 24.5 Å². The van der Waals surface area contributed by atoms with E-state index in [0.29, 0.717) is 17.6 Å². The van der Waals surface area contributed by atoms with Gasteiger partial charge < -0.3 is 4.74 Å². The van der Waals surface area contributed by atoms with Crippen LogP contribution in [0.2, 0.25) is 0 Å². The summed E-state index contributed by atoms with van der Waals surface area (Å²) < 4.78 is 7.17. The Bertz CT molecular complexity index is 778. The van der Waals surface area contributed by atoms with Crippen LogP contribution < -0.4 is 4.74 Å². The molecule has 0 spiro atoms. The highest BCUT2D eigenvalue weighted by molar-refractivity contribution is 5.66. The zero-order valence-corrected chi connectivity index (χ0v) is 11.0. The summed E-state index contributed by atoms with van der Waals surface area (Å²) in [6.45, 7) is 0. The lowest BCUT2D eigenvalue weighted by molar-refractivity contribution is 0.397. The van der Waals surface area contributed by atoms with Crippen LogP contribution in [0, 0.1) is 0 Å². The summed E-state index contributed by atoms with van der Waals surface area (Å²) in [6, 6.07) is 3.90. The standard InChI is InChI=1S/C14H13N5O/c1-20-14-11(12(9-4-5-9)16-8-17-14)13-15-7-10-3-2-6-19(10)18-13/h2-3,6-9H,4-5H2,1H3. The first-order valence-corrected chi connectivity index (χ1v) is 6.56. The molecule has 0 unspecified atom stereocenters. The Morgan fingerprint density at radius 2 is 2.15 bits per heavy atom. The Kier molecular flexibility index (Phi) is 2.42. The fraction of sp³-hybridized carbons (Fsp3) is 0.286. The normalized spacial score (nSPS) is 14.7. The number of aromatic nitrogens is 5. The highest BCUT2D eigenvalue weighted by Gasteiger charge is 2.31. The summed E-state index contributed by atoms with van der Waals surface area (Å²) >= 11 is 0. The molecule has 0 aliphatic heterocycles. The Balaban J connectivity index is 1.95. The molecule has 20 heavy (non-hydrogen) atoms. The average Bonchev–Trinajstić information content (AvgIpc) is 3.23. The second-order valence-electron chi connectivity index (χ2n) is 4.88. The highest BCUT2D eigenvalue weighted by Crippen LogP contribution is 2.44. The smallest absolute Gasteiger partial charge is 0.227 e. The zero-order valence-electron chi connectivity index (χ0n) is 11.0. The van der Waals surface area contributed by atoms with Crippen molar-refractivity contribution in [2.45, 2.75) is 18.8 Å². The SMILES string of the molecule is COc1ncnc(C2CC2)c1-c1ncc2cccn2n1. The van der Waals surface area contributed by atoms with Crippen molar-refractivity contribution in [2.75, 3.05) is 7.11 Å². The van der Waals surface area contributed by atoms with Gasteiger partial charge in [0, 0.05) is 12.1 Å². The minimum absolute atomic E-state index is 0.478. The lowest BCUT2D eigenvalue weighted by Crippen LogP contribution is -2.04. The van der Waals surface area contributed by atoms with E-state index < -0.39 is 0 Å². The first-order valence-electron chi connectivity index (χ1n) is 6.56. The Morgan fingerprint density at radius 3 is 2.95 bits per heavy atom. The third kappa shape index (κ3) is 1.72. The second-order valence-corrected chi connectivity index (χ2v) is 4.88. The van der Waals surface area contributed by atoms with Gasteiger partial charge in [0.2, 0.25) is 5.88 Å². The molecule has 3 heterocycles. The van der Waals surface area contributed by atoms with Crippen LogP contribution >= 0.6 is 0 Å². The van der Waals surface area contributed by atoms with E-state index in [1.54, 1.807) is 24.1 Å². The molecule has 0 radical (unpaired) electrons. The van der Waals surface area contributed by atoms with Gasteiger partial charge in [-0.15, -0.1) is 5.10 Å². The van der Waals surface area contributed by atoms with Gasteiger partial charge in [0.1, 0.15) is 11.9 Å². The van der Waals surface area contributed by atoms with E-state index in [1.807, 2.05) is 18.3 Å². The molecular formula is C14H13N5O. The van der Waals surface area contributed by atoms with Crippen LogP contribution in [0.3, 0.4) is 0 Å². The molecule has 1 aliphatic rings. The summed E-state index contributed by atoms with van der Waals surface area (Å²) in [7, 11) is 1.61. The summed E-state index contributed by atoms with van der Waals surface area (Å²) in [4.78, 5) is 13.0. The lowest BCUT2D eigenvalue weighted by atomic mass is 10.1. The van der Waals surface area contributed by atoms with Crippen molar-refractivity contribution in [3.8, 4) is 17.3 Å². The fourth-order valence-electron chi connectivity index (χ4n) is 2.36. The van der Waals surface area contributed by atoms with E-state index in [4.69, 9.17) is 4.74 Å². The van der Waals surface area contributed by atoms with E-state index in [9.17, 15) is 0 Å². The maximum Gasteiger partial charge on any atom is 0.227 e. The number of nitrogens with zero attached hydrogens (tertiary/aromatic N) is 5. The van der Waals surface area contributed by atoms with E-state index in [-0.39, 0.29) is 0 Å². The first-order chi connectivity index (χ1) is 9.86. The van der Waals surface area contributed by atoms with Gasteiger partial charge >= 0.3 is 0 Å². The van der Waals surface area contributed by atoms with Crippen molar-refractivity contribution in [3.63, 3.8) is 0 Å². The molecule has 0 atom stereocenters. The molecule has 0 N–H and O–H groups in total. The number of ether oxygens (including phenoxy) is 1. The molecule has 0 amide bonds. The average molecular weight is 267 g/mol. The second kappa shape index (κ2) is 4.26. The molecule has 3 aromatic heterocycles. The monoisotopic (exact) mass is 267 g/mol. The van der Waals surface area contributed by atoms with Crippen LogP contribution in [0.4, 0.5) is 0 Å². The predicted molar refractivity (Wildman–Crippen MR) is 72.5 cm³/mol. The quantitative estimate of drug-likeness (QED) is 0.726. The van der Waals surface area contributed by atoms with Gasteiger partial charge in [-0.2, -0.15) is 0 Å². The summed E-state index contributed by atoms with van der Waals surface area (Å²) in [5.74, 6) is 1.62. The highest BCUT2D eigenvalue weighted by atomic mass is 16.5. The van der Waals surface area contributed by atoms with Crippen molar-refractivity contribution in [1.82, 2.24) is 24.6 Å². The predicted octanol–water partition coefficient (Wildman–Crippen LogP) is 2.07. The van der Waals surface area contributed by atoms with Crippen LogP contribution in [0.25, 0.3) is 16.9 Å². The van der Waals surface area contributed by atoms with Crippen LogP contribution in [0.5, 0.6) is 5.88 Å². The Morgan fingerprint density at radius 1 is 1.25 bits per heavy atom. The van der Waals surface area contributed by atoms with E-state index in [1.165, 1.54) is 0 Å². The molecule has 6 nitrogen and oxygen atoms in total. The van der Waals surface area contributed by atoms with Gasteiger partial charge in [0.15, 0.2) is 5.82 Å². The largest absolute Gasteiger partial charge is 0.480 e. The minimum Gasteiger partial charge on any atom is -0.480 e. The maximum atomic E-state index is 5.37. The maximum absolute atomic E-state index is 5.37. The molecule has 100 valence electrons. The van der Waals surface area contributed by atoms with E-state index >= 15 is 0 Å². The molecule has 0 saturated heterocycles. The van der Waals surface area contributed by atoms with Gasteiger partial charge in [-0.05, 0) is 25.0 Å². The Hall–Kier alpha value is -2.50. The van der Waals surface area contributed by atoms with E-state index in [2.05, 4.69) is 20.1 Å². The van der Waals surface area contributed by atoms with Gasteiger partial charge in [0.05, 0.1) is 24.5 Å². The topological polar surface area (TPSA) is 65.2 Å². The summed E-state index contributed by atoms with van der Waals surface area (Å²) in [6.07, 6.45) is 7.54. The van der Waals surface area contributed by atoms with Crippen molar-refractivity contribution in [1.29, 1.82) is 0 Å². The Labute approximate surface area is 115 Å². The first kappa shape index (κ1) is 11.3. The van der Waals surface area contributed by atoms with Crippen LogP contribution in [-0.2, 0) is 0 Å². The number of hydrogen-bond acceptors (Lipinski definition) is 5. The van der Waals surface area contributed by atoms with Gasteiger partial charge in [-0.25, -0.2) is 19.5 Å². The van der Waals surface area contributed by atoms with Gasteiger partial charge in [-0.3, -0.25) is 0 Å². The number of fused-ring (bicyclic) bond motifs is 1. The molecule has 0 aromatic carbocycles. The van der Waals surface area contributed by atoms with Crippen LogP contribution in [-0.4, -0.2) is 31.7 Å². The molecule has 1 fully saturated rings. The van der Waals surface area contributed by atoms with E-state index in [0.717, 1.165) is 29.6 Å². The molecule has 1 aliphatic carbocycles. The summed E-state index contributed by atoms with van der Waals surface area (Å²) in [5.41, 5.74) is 2.76. The van der Waals surface area contributed by atoms with Crippen molar-refractivity contribution in [2.24, 2.45) is 0 Å². The zero-order chi connectivity index (χ0) is 13.5. The number of hydrogen-bond donors (Lipinski definition) is 0. The number of methoxy groups -OCH3 is 1. The molecule has 4 rings (SSSR count). The number of rotatable bonds is 3. The van der Waals surface area contributed by atoms with Crippen LogP contribution in [0.15, 0.2) is 30.9 Å². The van der Waals surface area contributed by atoms with Crippen molar-refractivity contribution in [3.05, 3.63) is 36.5 Å². The molecule has 6 heteroatoms. The minimum atomic E-state index is 0.478. The van der Waals surface area contributed by atoms with Crippen molar-refractivity contribution < 1.29 is 4.74 Å². The third-order valence-electron chi connectivity index (χ3n) is 3.50. The fourth-order valence-corrected chi connectivity index (χ4v) is 2.36. The molecule has 1 saturated carbocycles. The lowest BCUT2D eigenvalue weighted by Gasteiger charge is -2.10. The van der Waals surface area contributed by atoms with Gasteiger partial charge in [0.25, 0.3) is 0 Å². The molecular weight excluding hydrogens is 254 g/mol. The summed E-state index contributed by atoms with van der Waals surface area (Å²) in [5, 5.41) is 4.53. The molecule has 0 bridgehead atoms. The van der Waals surface area contributed by atoms with Crippen molar-refractivity contribution >= 4 is 5.52 Å². The van der Waals surface area contributed by atoms with Gasteiger partial charge in [-0.1, -0.05) is 0 Å².